The van der Waals surface area contributed by atoms with Crippen LogP contribution in [0.1, 0.15) is 41.5 Å². The van der Waals surface area contributed by atoms with E-state index in [1.807, 2.05) is 0 Å². The van der Waals surface area contributed by atoms with E-state index in [0.717, 1.165) is 23.1 Å². The van der Waals surface area contributed by atoms with E-state index in [2.05, 4.69) is 10.3 Å². The van der Waals surface area contributed by atoms with Gasteiger partial charge in [0.05, 0.1) is 24.9 Å². The Morgan fingerprint density at radius 3 is 2.58 bits per heavy atom. The highest BCUT2D eigenvalue weighted by atomic mass is 32.2. The molecule has 4 rings (SSSR count). The lowest BCUT2D eigenvalue weighted by molar-refractivity contribution is -0.137. The number of benzene rings is 2. The van der Waals surface area contributed by atoms with Crippen molar-refractivity contribution in [3.05, 3.63) is 70.1 Å². The third-order valence-corrected chi connectivity index (χ3v) is 8.51. The number of amides is 1. The van der Waals surface area contributed by atoms with Gasteiger partial charge in [0.1, 0.15) is 17.1 Å². The summed E-state index contributed by atoms with van der Waals surface area (Å²) in [7, 11) is -3.82. The van der Waals surface area contributed by atoms with E-state index in [1.165, 1.54) is 22.5 Å². The smallest absolute Gasteiger partial charge is 0.416 e. The first kappa shape index (κ1) is 29.7. The number of rotatable bonds is 9. The van der Waals surface area contributed by atoms with E-state index >= 15 is 0 Å². The third kappa shape index (κ3) is 6.72. The van der Waals surface area contributed by atoms with Crippen molar-refractivity contribution >= 4 is 27.8 Å². The number of hydrogen-bond acceptors (Lipinski definition) is 7. The molecule has 2 aliphatic heterocycles. The SMILES string of the molecule is Cc1cc(OCCC(O)CO)ccc1/C=C/S(=O)(=O)N1CCC2(CC1)N=C(c1cccc(C(F)(F)F)c1)NC2=O. The summed E-state index contributed by atoms with van der Waals surface area (Å²) >= 11 is 0. The quantitative estimate of drug-likeness (QED) is 0.418. The number of sulfonamides is 1. The molecule has 2 aliphatic rings. The fraction of sp³-hybridized carbons (Fsp3) is 0.407. The Morgan fingerprint density at radius 1 is 1.20 bits per heavy atom. The lowest BCUT2D eigenvalue weighted by atomic mass is 9.89. The highest BCUT2D eigenvalue weighted by Gasteiger charge is 2.47. The maximum atomic E-state index is 13.1. The minimum atomic E-state index is -4.54. The van der Waals surface area contributed by atoms with E-state index in [9.17, 15) is 31.5 Å². The second kappa shape index (κ2) is 11.7. The summed E-state index contributed by atoms with van der Waals surface area (Å²) in [5.74, 6) is 0.125. The summed E-state index contributed by atoms with van der Waals surface area (Å²) in [6, 6.07) is 9.65. The monoisotopic (exact) mass is 581 g/mol. The number of nitrogens with one attached hydrogen (secondary N) is 1. The molecule has 1 spiro atoms. The molecule has 216 valence electrons. The maximum Gasteiger partial charge on any atom is 0.416 e. The molecular formula is C27H30F3N3O6S. The molecule has 1 atom stereocenters. The molecule has 1 fully saturated rings. The molecule has 1 unspecified atom stereocenters. The molecule has 1 amide bonds. The number of aliphatic hydroxyl groups is 2. The van der Waals surface area contributed by atoms with Gasteiger partial charge in [0.15, 0.2) is 0 Å². The molecule has 2 heterocycles. The predicted molar refractivity (Wildman–Crippen MR) is 142 cm³/mol. The number of hydrogen-bond donors (Lipinski definition) is 3. The zero-order chi connectivity index (χ0) is 29.1. The standard InChI is InChI=1S/C27H30F3N3O6S/c1-18-15-23(39-13-7-22(35)17-34)6-5-19(18)8-14-40(37,38)33-11-9-26(10-12-33)25(36)31-24(32-26)20-3-2-4-21(16-20)27(28,29)30/h2-6,8,14-16,22,34-35H,7,9-13,17H2,1H3,(H,31,32,36)/b14-8+. The van der Waals surface area contributed by atoms with Crippen LogP contribution in [0.3, 0.4) is 0 Å². The van der Waals surface area contributed by atoms with Crippen molar-refractivity contribution in [2.45, 2.75) is 44.0 Å². The molecule has 40 heavy (non-hydrogen) atoms. The van der Waals surface area contributed by atoms with Crippen LogP contribution < -0.4 is 10.1 Å². The molecule has 2 aromatic carbocycles. The molecule has 1 saturated heterocycles. The average molecular weight is 582 g/mol. The van der Waals surface area contributed by atoms with E-state index < -0.39 is 39.3 Å². The molecule has 0 radical (unpaired) electrons. The minimum Gasteiger partial charge on any atom is -0.493 e. The Balaban J connectivity index is 1.40. The Morgan fingerprint density at radius 2 is 1.93 bits per heavy atom. The zero-order valence-corrected chi connectivity index (χ0v) is 22.5. The molecule has 2 aromatic rings. The van der Waals surface area contributed by atoms with E-state index in [-0.39, 0.29) is 57.0 Å². The maximum absolute atomic E-state index is 13.1. The number of carbonyl (C=O) groups is 1. The Bertz CT molecular complexity index is 1420. The summed E-state index contributed by atoms with van der Waals surface area (Å²) in [5, 5.41) is 21.9. The lowest BCUT2D eigenvalue weighted by Gasteiger charge is -2.34. The van der Waals surface area contributed by atoms with Crippen molar-refractivity contribution in [3.63, 3.8) is 0 Å². The summed E-state index contributed by atoms with van der Waals surface area (Å²) in [5.41, 5.74) is -0.536. The van der Waals surface area contributed by atoms with Gasteiger partial charge in [-0.2, -0.15) is 17.5 Å². The van der Waals surface area contributed by atoms with Crippen LogP contribution in [0, 0.1) is 6.92 Å². The van der Waals surface area contributed by atoms with Crippen LogP contribution in [-0.4, -0.2) is 72.6 Å². The number of alkyl halides is 3. The van der Waals surface area contributed by atoms with Gasteiger partial charge in [-0.15, -0.1) is 0 Å². The van der Waals surface area contributed by atoms with Gasteiger partial charge in [-0.25, -0.2) is 8.42 Å². The number of aliphatic imine (C=N–C) groups is 1. The molecule has 0 aromatic heterocycles. The number of ether oxygens (including phenoxy) is 1. The number of aliphatic hydroxyl groups excluding tert-OH is 2. The molecular weight excluding hydrogens is 551 g/mol. The molecule has 0 aliphatic carbocycles. The van der Waals surface area contributed by atoms with Crippen molar-refractivity contribution in [1.29, 1.82) is 0 Å². The minimum absolute atomic E-state index is 0.0188. The first-order chi connectivity index (χ1) is 18.8. The van der Waals surface area contributed by atoms with E-state index in [0.29, 0.717) is 11.3 Å². The van der Waals surface area contributed by atoms with Gasteiger partial charge < -0.3 is 20.3 Å². The van der Waals surface area contributed by atoms with Crippen LogP contribution in [0.2, 0.25) is 0 Å². The van der Waals surface area contributed by atoms with Gasteiger partial charge >= 0.3 is 6.18 Å². The number of nitrogens with zero attached hydrogens (tertiary/aromatic N) is 2. The average Bonchev–Trinajstić information content (AvgIpc) is 3.23. The van der Waals surface area contributed by atoms with Gasteiger partial charge in [-0.1, -0.05) is 18.2 Å². The Hall–Kier alpha value is -3.26. The number of carbonyl (C=O) groups excluding carboxylic acids is 1. The number of halogens is 3. The van der Waals surface area contributed by atoms with Crippen molar-refractivity contribution in [1.82, 2.24) is 9.62 Å². The molecule has 9 nitrogen and oxygen atoms in total. The fourth-order valence-corrected chi connectivity index (χ4v) is 5.70. The largest absolute Gasteiger partial charge is 0.493 e. The normalized spacial score (nSPS) is 18.6. The summed E-state index contributed by atoms with van der Waals surface area (Å²) in [4.78, 5) is 17.2. The molecule has 13 heteroatoms. The van der Waals surface area contributed by atoms with Crippen LogP contribution in [-0.2, 0) is 21.0 Å². The van der Waals surface area contributed by atoms with Crippen LogP contribution in [0.15, 0.2) is 52.9 Å². The van der Waals surface area contributed by atoms with Crippen LogP contribution >= 0.6 is 0 Å². The van der Waals surface area contributed by atoms with Crippen LogP contribution in [0.4, 0.5) is 13.2 Å². The second-order valence-corrected chi connectivity index (χ2v) is 11.6. The van der Waals surface area contributed by atoms with Crippen molar-refractivity contribution in [2.24, 2.45) is 4.99 Å². The van der Waals surface area contributed by atoms with E-state index in [4.69, 9.17) is 9.84 Å². The van der Waals surface area contributed by atoms with Crippen LogP contribution in [0.25, 0.3) is 6.08 Å². The molecule has 0 bridgehead atoms. The molecule has 0 saturated carbocycles. The van der Waals surface area contributed by atoms with Gasteiger partial charge in [0, 0.05) is 30.5 Å². The van der Waals surface area contributed by atoms with Crippen LogP contribution in [0.5, 0.6) is 5.75 Å². The number of amidine groups is 1. The fourth-order valence-electron chi connectivity index (χ4n) is 4.52. The van der Waals surface area contributed by atoms with Crippen molar-refractivity contribution in [3.8, 4) is 5.75 Å². The summed E-state index contributed by atoms with van der Waals surface area (Å²) in [6.07, 6.45) is -3.48. The van der Waals surface area contributed by atoms with Crippen molar-refractivity contribution in [2.75, 3.05) is 26.3 Å². The summed E-state index contributed by atoms with van der Waals surface area (Å²) in [6.45, 7) is 1.70. The first-order valence-corrected chi connectivity index (χ1v) is 14.1. The van der Waals surface area contributed by atoms with Gasteiger partial charge in [-0.05, 0) is 61.2 Å². The van der Waals surface area contributed by atoms with E-state index in [1.54, 1.807) is 25.1 Å². The van der Waals surface area contributed by atoms with Gasteiger partial charge in [0.2, 0.25) is 10.0 Å². The first-order valence-electron chi connectivity index (χ1n) is 12.6. The number of piperidine rings is 1. The highest BCUT2D eigenvalue weighted by molar-refractivity contribution is 7.92. The predicted octanol–water partition coefficient (Wildman–Crippen LogP) is 2.85. The number of aryl methyl sites for hydroxylation is 1. The summed E-state index contributed by atoms with van der Waals surface area (Å²) < 4.78 is 72.1. The molecule has 3 N–H and O–H groups in total. The highest BCUT2D eigenvalue weighted by Crippen LogP contribution is 2.34. The Labute approximate surface area is 230 Å². The van der Waals surface area contributed by atoms with Gasteiger partial charge in [-0.3, -0.25) is 9.79 Å². The topological polar surface area (TPSA) is 129 Å². The van der Waals surface area contributed by atoms with Gasteiger partial charge in [0.25, 0.3) is 5.91 Å². The van der Waals surface area contributed by atoms with Crippen molar-refractivity contribution < 1.29 is 41.3 Å². The third-order valence-electron chi connectivity index (χ3n) is 6.94. The lowest BCUT2D eigenvalue weighted by Crippen LogP contribution is -2.50. The zero-order valence-electron chi connectivity index (χ0n) is 21.7. The Kier molecular flexibility index (Phi) is 8.69. The second-order valence-electron chi connectivity index (χ2n) is 9.76.